The lowest BCUT2D eigenvalue weighted by Crippen LogP contribution is -1.92. The number of benzene rings is 12. The summed E-state index contributed by atoms with van der Waals surface area (Å²) >= 11 is 9.22. The number of hydrogen-bond acceptors (Lipinski definition) is 18. The van der Waals surface area contributed by atoms with Crippen molar-refractivity contribution in [2.45, 2.75) is 48.5 Å². The normalized spacial score (nSPS) is 10.5. The smallest absolute Gasteiger partial charge is 0.187 e. The second-order valence-corrected chi connectivity index (χ2v) is 32.5. The minimum absolute atomic E-state index is 0.241. The van der Waals surface area contributed by atoms with Crippen molar-refractivity contribution in [2.75, 3.05) is 31.9 Å². The molecule has 0 atom stereocenters. The summed E-state index contributed by atoms with van der Waals surface area (Å²) in [4.78, 5) is 27.4. The van der Waals surface area contributed by atoms with E-state index in [2.05, 4.69) is 204 Å². The summed E-state index contributed by atoms with van der Waals surface area (Å²) < 4.78 is 53.1. The predicted molar refractivity (Wildman–Crippen MR) is 497 cm³/mol. The van der Waals surface area contributed by atoms with E-state index in [1.165, 1.54) is 126 Å². The Morgan fingerprint density at radius 3 is 0.782 bits per heavy atom. The fourth-order valence-corrected chi connectivity index (χ4v) is 16.2. The lowest BCUT2D eigenvalue weighted by Gasteiger charge is -2.05. The van der Waals surface area contributed by atoms with E-state index in [4.69, 9.17) is 0 Å². The first-order valence-corrected chi connectivity index (χ1v) is 43.1. The van der Waals surface area contributed by atoms with Crippen LogP contribution in [0.3, 0.4) is 0 Å². The molecule has 0 aliphatic heterocycles. The molecule has 594 valence electrons. The van der Waals surface area contributed by atoms with Crippen LogP contribution in [0.25, 0.3) is 67.5 Å². The Kier molecular flexibility index (Phi) is 29.4. The maximum atomic E-state index is 13.6. The second kappa shape index (κ2) is 41.7. The molecular formula is C97H82F4N12S6. The number of anilines is 12. The molecule has 18 rings (SSSR count). The third kappa shape index (κ3) is 25.2. The maximum absolute atomic E-state index is 13.6. The van der Waals surface area contributed by atoms with Crippen LogP contribution in [0.4, 0.5) is 82.5 Å². The van der Waals surface area contributed by atoms with E-state index in [9.17, 15) is 17.6 Å². The van der Waals surface area contributed by atoms with Crippen molar-refractivity contribution in [3.05, 3.63) is 392 Å². The summed E-state index contributed by atoms with van der Waals surface area (Å²) in [6.45, 7) is 14.5. The number of aryl methyl sites for hydroxylation is 7. The number of nitrogens with one attached hydrogen (secondary N) is 6. The highest BCUT2D eigenvalue weighted by Gasteiger charge is 2.14. The average molecular weight is 1680 g/mol. The van der Waals surface area contributed by atoms with Gasteiger partial charge in [-0.2, -0.15) is 0 Å². The minimum Gasteiger partial charge on any atom is -0.332 e. The zero-order valence-electron chi connectivity index (χ0n) is 65.9. The molecule has 0 saturated heterocycles. The lowest BCUT2D eigenvalue weighted by molar-refractivity contribution is 0.628. The van der Waals surface area contributed by atoms with Crippen molar-refractivity contribution in [1.82, 2.24) is 29.9 Å². The van der Waals surface area contributed by atoms with Gasteiger partial charge in [0.25, 0.3) is 0 Å². The van der Waals surface area contributed by atoms with Crippen LogP contribution in [0.2, 0.25) is 0 Å². The fraction of sp³-hybridized carbons (Fsp3) is 0.0722. The molecule has 0 amide bonds. The standard InChI is InChI=1S/C17H16N2S.4C16H13FN2S.C16H14N2S/c1-12-6-5-8-14(10-12)16-11-20-17(19-16)18-15-9-4-3-7-13(15)2;1-11-4-2-5-12(8-11)15-10-20-16(19-15)18-14-7-3-6-13(17)9-14;2*1-11-5-4-6-12(9-11)15-10-20-16(19-15)18-14-8-3-2-7-13(14)17;1-11-3-2-4-12(9-11)15-10-20-16(19-15)18-14-7-5-13(17)6-8-14;1-12-6-5-7-13(10-12)15-11-19-16(18-15)17-14-8-3-2-4-9-14/h3-11H,1-2H3,(H,18,19);4*2-10H,1H3,(H,18,19);2-11H,1H3,(H,17,18). The van der Waals surface area contributed by atoms with Gasteiger partial charge in [0.2, 0.25) is 0 Å². The molecule has 6 aromatic heterocycles. The molecule has 119 heavy (non-hydrogen) atoms. The Morgan fingerprint density at radius 1 is 0.210 bits per heavy atom. The Bertz CT molecular complexity index is 5990. The van der Waals surface area contributed by atoms with E-state index in [1.807, 2.05) is 145 Å². The molecule has 12 aromatic carbocycles. The first-order chi connectivity index (χ1) is 57.9. The Labute approximate surface area is 714 Å². The van der Waals surface area contributed by atoms with Gasteiger partial charge in [-0.05, 0) is 175 Å². The number of thiazole rings is 6. The van der Waals surface area contributed by atoms with Gasteiger partial charge in [0.05, 0.1) is 45.5 Å². The summed E-state index contributed by atoms with van der Waals surface area (Å²) in [5.74, 6) is -1.06. The monoisotopic (exact) mass is 1680 g/mol. The third-order valence-electron chi connectivity index (χ3n) is 17.7. The summed E-state index contributed by atoms with van der Waals surface area (Å²) in [5, 5.41) is 35.9. The van der Waals surface area contributed by atoms with Gasteiger partial charge in [-0.3, -0.25) is 0 Å². The molecule has 0 bridgehead atoms. The van der Waals surface area contributed by atoms with E-state index in [1.54, 1.807) is 77.3 Å². The van der Waals surface area contributed by atoms with Crippen molar-refractivity contribution in [1.29, 1.82) is 0 Å². The maximum Gasteiger partial charge on any atom is 0.187 e. The summed E-state index contributed by atoms with van der Waals surface area (Å²) in [5.41, 5.74) is 25.5. The van der Waals surface area contributed by atoms with Crippen molar-refractivity contribution in [3.8, 4) is 67.5 Å². The molecule has 6 heterocycles. The lowest BCUT2D eigenvalue weighted by atomic mass is 10.1. The number of nitrogens with zero attached hydrogens (tertiary/aromatic N) is 6. The van der Waals surface area contributed by atoms with Gasteiger partial charge in [0.15, 0.2) is 30.8 Å². The van der Waals surface area contributed by atoms with Crippen molar-refractivity contribution >= 4 is 133 Å². The first kappa shape index (κ1) is 83.9. The quantitative estimate of drug-likeness (QED) is 0.0454. The predicted octanol–water partition coefficient (Wildman–Crippen LogP) is 30.0. The van der Waals surface area contributed by atoms with Gasteiger partial charge in [0.1, 0.15) is 23.3 Å². The van der Waals surface area contributed by atoms with Crippen LogP contribution in [0.1, 0.15) is 38.9 Å². The zero-order chi connectivity index (χ0) is 82.8. The number of halogens is 4. The molecule has 0 saturated carbocycles. The molecule has 0 unspecified atom stereocenters. The van der Waals surface area contributed by atoms with Gasteiger partial charge in [0, 0.05) is 88.4 Å². The SMILES string of the molecule is Cc1cccc(-c2csc(Nc3ccc(F)cc3)n2)c1.Cc1cccc(-c2csc(Nc3cccc(F)c3)n2)c1.Cc1cccc(-c2csc(Nc3ccccc3)n2)c1.Cc1cccc(-c2csc(Nc3ccccc3C)n2)c1.Cc1cccc(-c2csc(Nc3ccccc3F)n2)c1.Cc1cccc(-c2csc(Nc3ccccc3F)n2)c1. The molecular weight excluding hydrogens is 1600 g/mol. The largest absolute Gasteiger partial charge is 0.332 e. The Balaban J connectivity index is 0.000000124. The number of rotatable bonds is 18. The first-order valence-electron chi connectivity index (χ1n) is 37.8. The van der Waals surface area contributed by atoms with Crippen molar-refractivity contribution in [2.24, 2.45) is 0 Å². The van der Waals surface area contributed by atoms with Crippen LogP contribution in [-0.4, -0.2) is 29.9 Å². The summed E-state index contributed by atoms with van der Waals surface area (Å²) in [6.07, 6.45) is 0. The van der Waals surface area contributed by atoms with Gasteiger partial charge in [-0.1, -0.05) is 209 Å². The van der Waals surface area contributed by atoms with E-state index < -0.39 is 0 Å². The average Bonchev–Trinajstić information content (AvgIpc) is 1.74. The van der Waals surface area contributed by atoms with Gasteiger partial charge < -0.3 is 31.9 Å². The van der Waals surface area contributed by atoms with Crippen LogP contribution >= 0.6 is 68.0 Å². The Hall–Kier alpha value is -13.1. The molecule has 0 spiro atoms. The topological polar surface area (TPSA) is 150 Å². The van der Waals surface area contributed by atoms with Crippen LogP contribution in [0.15, 0.2) is 330 Å². The van der Waals surface area contributed by atoms with Gasteiger partial charge in [-0.15, -0.1) is 68.0 Å². The molecule has 0 radical (unpaired) electrons. The number of para-hydroxylation sites is 4. The summed E-state index contributed by atoms with van der Waals surface area (Å²) in [7, 11) is 0. The van der Waals surface area contributed by atoms with E-state index in [0.717, 1.165) is 99.6 Å². The van der Waals surface area contributed by atoms with E-state index in [0.29, 0.717) is 27.3 Å². The number of hydrogen-bond donors (Lipinski definition) is 6. The van der Waals surface area contributed by atoms with E-state index in [-0.39, 0.29) is 23.3 Å². The highest BCUT2D eigenvalue weighted by atomic mass is 32.1. The van der Waals surface area contributed by atoms with Crippen LogP contribution < -0.4 is 31.9 Å². The fourth-order valence-electron chi connectivity index (χ4n) is 11.8. The highest BCUT2D eigenvalue weighted by molar-refractivity contribution is 7.15. The van der Waals surface area contributed by atoms with Crippen LogP contribution in [-0.2, 0) is 0 Å². The summed E-state index contributed by atoms with van der Waals surface area (Å²) in [6, 6.07) is 93.7. The van der Waals surface area contributed by atoms with Crippen LogP contribution in [0.5, 0.6) is 0 Å². The number of aromatic nitrogens is 6. The van der Waals surface area contributed by atoms with Crippen LogP contribution in [0, 0.1) is 71.7 Å². The van der Waals surface area contributed by atoms with Crippen molar-refractivity contribution < 1.29 is 17.6 Å². The molecule has 0 fully saturated rings. The van der Waals surface area contributed by atoms with Gasteiger partial charge in [-0.25, -0.2) is 47.5 Å². The third-order valence-corrected chi connectivity index (χ3v) is 22.3. The van der Waals surface area contributed by atoms with Gasteiger partial charge >= 0.3 is 0 Å². The molecule has 22 heteroatoms. The van der Waals surface area contributed by atoms with E-state index >= 15 is 0 Å². The molecule has 0 aliphatic carbocycles. The molecule has 6 N–H and O–H groups in total. The highest BCUT2D eigenvalue weighted by Crippen LogP contribution is 2.35. The minimum atomic E-state index is -0.278. The molecule has 12 nitrogen and oxygen atoms in total. The second-order valence-electron chi connectivity index (χ2n) is 27.4. The molecule has 18 aromatic rings. The Morgan fingerprint density at radius 2 is 0.471 bits per heavy atom. The zero-order valence-corrected chi connectivity index (χ0v) is 70.8. The van der Waals surface area contributed by atoms with Crippen molar-refractivity contribution in [3.63, 3.8) is 0 Å². The molecule has 0 aliphatic rings.